The van der Waals surface area contributed by atoms with Gasteiger partial charge in [0.15, 0.2) is 11.4 Å². The lowest BCUT2D eigenvalue weighted by Gasteiger charge is -2.34. The number of anilines is 2. The van der Waals surface area contributed by atoms with Crippen LogP contribution in [0.3, 0.4) is 0 Å². The number of hydrogen-bond donors (Lipinski definition) is 2. The van der Waals surface area contributed by atoms with E-state index in [0.717, 1.165) is 43.5 Å². The number of hydrogen-bond acceptors (Lipinski definition) is 6. The van der Waals surface area contributed by atoms with Crippen LogP contribution in [0, 0.1) is 12.7 Å². The fourth-order valence-corrected chi connectivity index (χ4v) is 5.28. The smallest absolute Gasteiger partial charge is 0.259 e. The normalized spacial score (nSPS) is 14.7. The van der Waals surface area contributed by atoms with E-state index in [1.165, 1.54) is 11.5 Å². The Balaban J connectivity index is 1.52. The maximum atomic E-state index is 15.1. The number of pyridine rings is 1. The van der Waals surface area contributed by atoms with Gasteiger partial charge in [0.25, 0.3) is 5.91 Å². The van der Waals surface area contributed by atoms with Crippen LogP contribution in [0.4, 0.5) is 15.8 Å². The summed E-state index contributed by atoms with van der Waals surface area (Å²) in [5.74, 6) is -1.26. The van der Waals surface area contributed by atoms with Gasteiger partial charge in [0.05, 0.1) is 23.4 Å². The lowest BCUT2D eigenvalue weighted by Crippen LogP contribution is -2.42. The summed E-state index contributed by atoms with van der Waals surface area (Å²) in [5, 5.41) is 12.0. The predicted octanol–water partition coefficient (Wildman–Crippen LogP) is 4.16. The summed E-state index contributed by atoms with van der Waals surface area (Å²) >= 11 is 6.71. The molecule has 1 aliphatic rings. The second-order valence-electron chi connectivity index (χ2n) is 9.09. The van der Waals surface area contributed by atoms with Gasteiger partial charge in [0.1, 0.15) is 11.2 Å². The lowest BCUT2D eigenvalue weighted by atomic mass is 10.0. The average molecular weight is 514 g/mol. The monoisotopic (exact) mass is 513 g/mol. The molecule has 0 saturated carbocycles. The molecule has 11 heteroatoms. The summed E-state index contributed by atoms with van der Waals surface area (Å²) in [4.78, 5) is 20.0. The fraction of sp³-hybridized carbons (Fsp3) is 0.400. The average Bonchev–Trinajstić information content (AvgIpc) is 3.41. The minimum atomic E-state index is -0.659. The number of ether oxygens (including phenoxy) is 1. The van der Waals surface area contributed by atoms with Crippen LogP contribution in [-0.4, -0.2) is 57.9 Å². The molecule has 0 bridgehead atoms. The maximum Gasteiger partial charge on any atom is 0.259 e. The number of aromatic nitrogens is 4. The first-order valence-corrected chi connectivity index (χ1v) is 12.4. The van der Waals surface area contributed by atoms with Crippen molar-refractivity contribution in [2.24, 2.45) is 7.05 Å². The number of rotatable bonds is 6. The van der Waals surface area contributed by atoms with Crippen molar-refractivity contribution in [1.29, 1.82) is 0 Å². The first-order chi connectivity index (χ1) is 17.3. The van der Waals surface area contributed by atoms with Gasteiger partial charge in [0, 0.05) is 55.8 Å². The quantitative estimate of drug-likeness (QED) is 0.402. The molecular formula is C25H29ClFN7O2. The van der Waals surface area contributed by atoms with Crippen LogP contribution in [-0.2, 0) is 7.05 Å². The van der Waals surface area contributed by atoms with Gasteiger partial charge in [-0.1, -0.05) is 18.5 Å². The zero-order valence-electron chi connectivity index (χ0n) is 20.7. The molecule has 36 heavy (non-hydrogen) atoms. The van der Waals surface area contributed by atoms with Gasteiger partial charge < -0.3 is 24.7 Å². The third kappa shape index (κ3) is 4.24. The van der Waals surface area contributed by atoms with E-state index >= 15 is 4.39 Å². The first kappa shape index (κ1) is 24.3. The number of nitrogens with one attached hydrogen (secondary N) is 2. The number of aryl methyl sites for hydroxylation is 2. The standard InChI is InChI=1S/C25H29ClFN7O2/c1-5-28-15-6-8-33(9-7-15)19-10-17(26)20(22-16(19)12-32(3)31-22)25(35)30-18-13-34-11-14(2)29-24(34)21(27)23(18)36-4/h10-13,15,28H,5-9H2,1-4H3,(H,30,35). The van der Waals surface area contributed by atoms with Crippen molar-refractivity contribution in [3.63, 3.8) is 0 Å². The minimum Gasteiger partial charge on any atom is -0.491 e. The SMILES string of the molecule is CCNC1CCN(c2cc(Cl)c(C(=O)Nc3cn4cc(C)nc4c(F)c3OC)c3nn(C)cc23)CC1. The lowest BCUT2D eigenvalue weighted by molar-refractivity contribution is 0.102. The Morgan fingerprint density at radius 3 is 2.72 bits per heavy atom. The number of nitrogens with zero attached hydrogens (tertiary/aromatic N) is 5. The van der Waals surface area contributed by atoms with Crippen molar-refractivity contribution in [2.45, 2.75) is 32.7 Å². The van der Waals surface area contributed by atoms with Crippen LogP contribution in [0.5, 0.6) is 5.75 Å². The molecule has 3 aromatic heterocycles. The third-order valence-electron chi connectivity index (χ3n) is 6.61. The molecule has 0 radical (unpaired) electrons. The number of piperidine rings is 1. The molecule has 0 unspecified atom stereocenters. The van der Waals surface area contributed by atoms with E-state index < -0.39 is 11.7 Å². The predicted molar refractivity (Wildman–Crippen MR) is 139 cm³/mol. The molecule has 190 valence electrons. The molecule has 9 nitrogen and oxygen atoms in total. The Hall–Kier alpha value is -3.37. The summed E-state index contributed by atoms with van der Waals surface area (Å²) < 4.78 is 23.5. The Labute approximate surface area is 213 Å². The van der Waals surface area contributed by atoms with Crippen LogP contribution in [0.15, 0.2) is 24.7 Å². The molecule has 0 atom stereocenters. The van der Waals surface area contributed by atoms with Gasteiger partial charge in [-0.15, -0.1) is 0 Å². The van der Waals surface area contributed by atoms with Gasteiger partial charge in [-0.25, -0.2) is 4.98 Å². The number of imidazole rings is 1. The molecule has 1 aromatic carbocycles. The largest absolute Gasteiger partial charge is 0.491 e. The van der Waals surface area contributed by atoms with E-state index in [2.05, 4.69) is 32.5 Å². The van der Waals surface area contributed by atoms with Gasteiger partial charge in [-0.05, 0) is 32.4 Å². The van der Waals surface area contributed by atoms with E-state index in [0.29, 0.717) is 17.3 Å². The Morgan fingerprint density at radius 1 is 1.28 bits per heavy atom. The summed E-state index contributed by atoms with van der Waals surface area (Å²) in [6, 6.07) is 2.33. The Morgan fingerprint density at radius 2 is 2.03 bits per heavy atom. The molecule has 1 aliphatic heterocycles. The van der Waals surface area contributed by atoms with Crippen LogP contribution in [0.25, 0.3) is 16.6 Å². The zero-order chi connectivity index (χ0) is 25.6. The van der Waals surface area contributed by atoms with Gasteiger partial charge >= 0.3 is 0 Å². The molecule has 4 heterocycles. The molecular weight excluding hydrogens is 485 g/mol. The highest BCUT2D eigenvalue weighted by molar-refractivity contribution is 6.37. The number of halogens is 2. The fourth-order valence-electron chi connectivity index (χ4n) is 5.00. The van der Waals surface area contributed by atoms with Gasteiger partial charge in [-0.2, -0.15) is 9.49 Å². The molecule has 0 aliphatic carbocycles. The first-order valence-electron chi connectivity index (χ1n) is 12.0. The molecule has 1 amide bonds. The second kappa shape index (κ2) is 9.59. The number of methoxy groups -OCH3 is 1. The molecule has 2 N–H and O–H groups in total. The molecule has 0 spiro atoms. The Kier molecular flexibility index (Phi) is 6.48. The molecule has 1 saturated heterocycles. The summed E-state index contributed by atoms with van der Waals surface area (Å²) in [7, 11) is 3.16. The summed E-state index contributed by atoms with van der Waals surface area (Å²) in [6.45, 7) is 6.59. The zero-order valence-corrected chi connectivity index (χ0v) is 21.5. The summed E-state index contributed by atoms with van der Waals surface area (Å²) in [5.41, 5.74) is 2.60. The number of carbonyl (C=O) groups excluding carboxylic acids is 1. The van der Waals surface area contributed by atoms with E-state index in [1.807, 2.05) is 19.3 Å². The van der Waals surface area contributed by atoms with E-state index in [-0.39, 0.29) is 27.7 Å². The van der Waals surface area contributed by atoms with Crippen molar-refractivity contribution < 1.29 is 13.9 Å². The highest BCUT2D eigenvalue weighted by Gasteiger charge is 2.27. The van der Waals surface area contributed by atoms with E-state index in [1.54, 1.807) is 24.0 Å². The topological polar surface area (TPSA) is 88.7 Å². The van der Waals surface area contributed by atoms with Crippen LogP contribution in [0.1, 0.15) is 35.8 Å². The molecule has 1 fully saturated rings. The molecule has 4 aromatic rings. The van der Waals surface area contributed by atoms with Crippen LogP contribution < -0.4 is 20.3 Å². The highest BCUT2D eigenvalue weighted by atomic mass is 35.5. The number of amides is 1. The maximum absolute atomic E-state index is 15.1. The number of fused-ring (bicyclic) bond motifs is 2. The van der Waals surface area contributed by atoms with Crippen molar-refractivity contribution in [1.82, 2.24) is 24.5 Å². The second-order valence-corrected chi connectivity index (χ2v) is 9.50. The van der Waals surface area contributed by atoms with Crippen molar-refractivity contribution >= 4 is 45.4 Å². The van der Waals surface area contributed by atoms with E-state index in [4.69, 9.17) is 16.3 Å². The van der Waals surface area contributed by atoms with Crippen LogP contribution in [0.2, 0.25) is 5.02 Å². The minimum absolute atomic E-state index is 0.102. The Bertz CT molecular complexity index is 1460. The van der Waals surface area contributed by atoms with Crippen molar-refractivity contribution in [3.05, 3.63) is 46.8 Å². The van der Waals surface area contributed by atoms with Gasteiger partial charge in [0.2, 0.25) is 5.82 Å². The number of benzene rings is 1. The van der Waals surface area contributed by atoms with E-state index in [9.17, 15) is 4.79 Å². The van der Waals surface area contributed by atoms with Crippen molar-refractivity contribution in [2.75, 3.05) is 37.0 Å². The highest BCUT2D eigenvalue weighted by Crippen LogP contribution is 2.37. The van der Waals surface area contributed by atoms with Gasteiger partial charge in [-0.3, -0.25) is 9.48 Å². The third-order valence-corrected chi connectivity index (χ3v) is 6.91. The molecule has 5 rings (SSSR count). The summed E-state index contributed by atoms with van der Waals surface area (Å²) in [6.07, 6.45) is 7.19. The van der Waals surface area contributed by atoms with Crippen LogP contribution >= 0.6 is 11.6 Å². The van der Waals surface area contributed by atoms with Crippen molar-refractivity contribution in [3.8, 4) is 5.75 Å². The number of carbonyl (C=O) groups is 1.